The fourth-order valence-electron chi connectivity index (χ4n) is 1.27. The first-order chi connectivity index (χ1) is 7.96. The van der Waals surface area contributed by atoms with Gasteiger partial charge in [0.25, 0.3) is 6.02 Å². The molecular weight excluding hydrogens is 226 g/mol. The van der Waals surface area contributed by atoms with Gasteiger partial charge >= 0.3 is 0 Å². The van der Waals surface area contributed by atoms with Gasteiger partial charge in [-0.2, -0.15) is 0 Å². The summed E-state index contributed by atoms with van der Waals surface area (Å²) in [6.45, 7) is 5.89. The standard InChI is InChI=1S/C12H20F2N2O/c1-5-10(11(14)6-2)9(4)16-12(15)17-8(3)7-13/h5-6,8-9H,7H2,1-4H3,(H2,15,16). The highest BCUT2D eigenvalue weighted by Crippen LogP contribution is 2.18. The van der Waals surface area contributed by atoms with Gasteiger partial charge in [-0.15, -0.1) is 0 Å². The van der Waals surface area contributed by atoms with Crippen molar-refractivity contribution in [2.75, 3.05) is 6.67 Å². The highest BCUT2D eigenvalue weighted by molar-refractivity contribution is 5.72. The maximum Gasteiger partial charge on any atom is 0.282 e. The maximum absolute atomic E-state index is 13.4. The SMILES string of the molecule is CC=C(F)C(=CC)C(C)N=C(N)OC(C)CF. The Morgan fingerprint density at radius 3 is 2.35 bits per heavy atom. The van der Waals surface area contributed by atoms with E-state index < -0.39 is 18.8 Å². The summed E-state index contributed by atoms with van der Waals surface area (Å²) >= 11 is 0. The van der Waals surface area contributed by atoms with E-state index in [1.54, 1.807) is 26.8 Å². The molecule has 2 atom stereocenters. The second kappa shape index (κ2) is 7.81. The third-order valence-corrected chi connectivity index (χ3v) is 2.15. The lowest BCUT2D eigenvalue weighted by Crippen LogP contribution is -2.25. The summed E-state index contributed by atoms with van der Waals surface area (Å²) in [5.41, 5.74) is 5.90. The zero-order valence-electron chi connectivity index (χ0n) is 10.7. The number of allylic oxidation sites excluding steroid dienone is 2. The quantitative estimate of drug-likeness (QED) is 0.460. The molecular formula is C12H20F2N2O. The molecule has 0 amide bonds. The van der Waals surface area contributed by atoms with Crippen molar-refractivity contribution < 1.29 is 13.5 Å². The second-order valence-corrected chi connectivity index (χ2v) is 3.61. The molecule has 0 aliphatic heterocycles. The Morgan fingerprint density at radius 2 is 1.94 bits per heavy atom. The average molecular weight is 246 g/mol. The molecule has 0 radical (unpaired) electrons. The number of rotatable bonds is 5. The summed E-state index contributed by atoms with van der Waals surface area (Å²) in [5, 5.41) is 0. The van der Waals surface area contributed by atoms with E-state index in [1.165, 1.54) is 13.0 Å². The normalized spacial score (nSPS) is 17.9. The van der Waals surface area contributed by atoms with Crippen molar-refractivity contribution >= 4 is 6.02 Å². The molecule has 0 aliphatic rings. The van der Waals surface area contributed by atoms with Gasteiger partial charge in [0, 0.05) is 5.57 Å². The van der Waals surface area contributed by atoms with Gasteiger partial charge in [-0.3, -0.25) is 0 Å². The van der Waals surface area contributed by atoms with Crippen LogP contribution in [0.1, 0.15) is 27.7 Å². The van der Waals surface area contributed by atoms with Gasteiger partial charge in [0.2, 0.25) is 0 Å². The van der Waals surface area contributed by atoms with Crippen LogP contribution in [-0.2, 0) is 4.74 Å². The summed E-state index contributed by atoms with van der Waals surface area (Å²) < 4.78 is 30.5. The number of hydrogen-bond acceptors (Lipinski definition) is 2. The maximum atomic E-state index is 13.4. The van der Waals surface area contributed by atoms with Gasteiger partial charge in [0.05, 0.1) is 6.04 Å². The molecule has 0 heterocycles. The number of amidine groups is 1. The first-order valence-electron chi connectivity index (χ1n) is 5.50. The Kier molecular flexibility index (Phi) is 7.18. The molecule has 3 nitrogen and oxygen atoms in total. The lowest BCUT2D eigenvalue weighted by molar-refractivity contribution is 0.166. The zero-order chi connectivity index (χ0) is 13.4. The van der Waals surface area contributed by atoms with E-state index in [0.29, 0.717) is 5.57 Å². The van der Waals surface area contributed by atoms with Crippen molar-refractivity contribution in [2.45, 2.75) is 39.8 Å². The lowest BCUT2D eigenvalue weighted by atomic mass is 10.1. The van der Waals surface area contributed by atoms with Crippen LogP contribution in [0.4, 0.5) is 8.78 Å². The molecule has 98 valence electrons. The molecule has 2 N–H and O–H groups in total. The van der Waals surface area contributed by atoms with Crippen LogP contribution in [0.15, 0.2) is 28.5 Å². The number of halogens is 2. The highest BCUT2D eigenvalue weighted by atomic mass is 19.1. The number of hydrogen-bond donors (Lipinski definition) is 1. The summed E-state index contributed by atoms with van der Waals surface area (Å²) in [4.78, 5) is 3.96. The number of nitrogens with zero attached hydrogens (tertiary/aromatic N) is 1. The third-order valence-electron chi connectivity index (χ3n) is 2.15. The van der Waals surface area contributed by atoms with E-state index in [0.717, 1.165) is 0 Å². The minimum atomic E-state index is -0.649. The van der Waals surface area contributed by atoms with Crippen LogP contribution >= 0.6 is 0 Å². The van der Waals surface area contributed by atoms with Crippen molar-refractivity contribution in [3.8, 4) is 0 Å². The summed E-state index contributed by atoms with van der Waals surface area (Å²) in [5.74, 6) is -0.352. The Balaban J connectivity index is 4.71. The van der Waals surface area contributed by atoms with Gasteiger partial charge in [0.15, 0.2) is 0 Å². The predicted octanol–water partition coefficient (Wildman–Crippen LogP) is 2.88. The summed E-state index contributed by atoms with van der Waals surface area (Å²) in [6, 6.07) is -0.603. The van der Waals surface area contributed by atoms with Gasteiger partial charge in [0.1, 0.15) is 18.6 Å². The fourth-order valence-corrected chi connectivity index (χ4v) is 1.27. The molecule has 0 aromatic rings. The van der Waals surface area contributed by atoms with Gasteiger partial charge in [-0.05, 0) is 27.7 Å². The summed E-state index contributed by atoms with van der Waals surface area (Å²) in [6.07, 6.45) is 2.32. The van der Waals surface area contributed by atoms with E-state index in [1.807, 2.05) is 0 Å². The van der Waals surface area contributed by atoms with Crippen LogP contribution in [0.2, 0.25) is 0 Å². The van der Waals surface area contributed by atoms with Crippen LogP contribution in [0.5, 0.6) is 0 Å². The lowest BCUT2D eigenvalue weighted by Gasteiger charge is -2.13. The molecule has 17 heavy (non-hydrogen) atoms. The van der Waals surface area contributed by atoms with Crippen LogP contribution in [-0.4, -0.2) is 24.8 Å². The van der Waals surface area contributed by atoms with E-state index >= 15 is 0 Å². The van der Waals surface area contributed by atoms with E-state index in [2.05, 4.69) is 4.99 Å². The number of ether oxygens (including phenoxy) is 1. The molecule has 0 saturated carbocycles. The van der Waals surface area contributed by atoms with Crippen molar-refractivity contribution in [2.24, 2.45) is 10.7 Å². The monoisotopic (exact) mass is 246 g/mol. The van der Waals surface area contributed by atoms with E-state index in [4.69, 9.17) is 10.5 Å². The Labute approximate surface area is 101 Å². The van der Waals surface area contributed by atoms with Crippen LogP contribution in [0.25, 0.3) is 0 Å². The fraction of sp³-hybridized carbons (Fsp3) is 0.583. The Morgan fingerprint density at radius 1 is 1.35 bits per heavy atom. The second-order valence-electron chi connectivity index (χ2n) is 3.61. The molecule has 0 saturated heterocycles. The molecule has 2 unspecified atom stereocenters. The largest absolute Gasteiger partial charge is 0.460 e. The summed E-state index contributed by atoms with van der Waals surface area (Å²) in [7, 11) is 0. The molecule has 0 rings (SSSR count). The van der Waals surface area contributed by atoms with E-state index in [9.17, 15) is 8.78 Å². The van der Waals surface area contributed by atoms with Crippen molar-refractivity contribution in [1.29, 1.82) is 0 Å². The zero-order valence-corrected chi connectivity index (χ0v) is 10.7. The first-order valence-corrected chi connectivity index (χ1v) is 5.50. The average Bonchev–Trinajstić information content (AvgIpc) is 2.28. The van der Waals surface area contributed by atoms with Gasteiger partial charge < -0.3 is 10.5 Å². The molecule has 0 spiro atoms. The molecule has 0 aromatic heterocycles. The van der Waals surface area contributed by atoms with Crippen LogP contribution in [0, 0.1) is 0 Å². The Hall–Kier alpha value is -1.39. The molecule has 0 aromatic carbocycles. The number of aliphatic imine (C=N–C) groups is 1. The predicted molar refractivity (Wildman–Crippen MR) is 66.2 cm³/mol. The number of nitrogens with two attached hydrogens (primary N) is 1. The first kappa shape index (κ1) is 15.6. The van der Waals surface area contributed by atoms with Crippen LogP contribution < -0.4 is 5.73 Å². The third kappa shape index (κ3) is 5.47. The molecule has 5 heteroatoms. The van der Waals surface area contributed by atoms with Gasteiger partial charge in [-0.25, -0.2) is 13.8 Å². The topological polar surface area (TPSA) is 47.6 Å². The molecule has 0 aliphatic carbocycles. The highest BCUT2D eigenvalue weighted by Gasteiger charge is 2.13. The number of alkyl halides is 1. The van der Waals surface area contributed by atoms with Gasteiger partial charge in [-0.1, -0.05) is 12.2 Å². The van der Waals surface area contributed by atoms with Crippen molar-refractivity contribution in [1.82, 2.24) is 0 Å². The van der Waals surface area contributed by atoms with E-state index in [-0.39, 0.29) is 11.8 Å². The molecule has 0 bridgehead atoms. The van der Waals surface area contributed by atoms with Crippen LogP contribution in [0.3, 0.4) is 0 Å². The van der Waals surface area contributed by atoms with Crippen molar-refractivity contribution in [3.05, 3.63) is 23.6 Å². The minimum Gasteiger partial charge on any atom is -0.460 e. The molecule has 0 fully saturated rings. The smallest absolute Gasteiger partial charge is 0.282 e. The Bertz CT molecular complexity index is 324. The minimum absolute atomic E-state index is 0.133. The van der Waals surface area contributed by atoms with Crippen molar-refractivity contribution in [3.63, 3.8) is 0 Å².